The number of nitrogens with one attached hydrogen (secondary N) is 2. The monoisotopic (exact) mass is 462 g/mol. The van der Waals surface area contributed by atoms with Crippen molar-refractivity contribution in [3.05, 3.63) is 51.9 Å². The Morgan fingerprint density at radius 3 is 2.69 bits per heavy atom. The second-order valence-corrected chi connectivity index (χ2v) is 7.23. The first kappa shape index (κ1) is 20.3. The first-order valence-electron chi connectivity index (χ1n) is 8.40. The minimum absolute atomic E-state index is 0.0374. The van der Waals surface area contributed by atoms with Gasteiger partial charge in [0.2, 0.25) is 0 Å². The highest BCUT2D eigenvalue weighted by atomic mass is 79.9. The summed E-state index contributed by atoms with van der Waals surface area (Å²) in [5, 5.41) is 14.2. The Labute approximate surface area is 173 Å². The van der Waals surface area contributed by atoms with E-state index >= 15 is 0 Å². The summed E-state index contributed by atoms with van der Waals surface area (Å²) in [6, 6.07) is 6.57. The number of rotatable bonds is 2. The molecule has 4 rings (SSSR count). The van der Waals surface area contributed by atoms with Crippen molar-refractivity contribution in [2.75, 3.05) is 11.9 Å². The molecule has 1 aromatic heterocycles. The molecule has 0 saturated heterocycles. The van der Waals surface area contributed by atoms with E-state index in [0.29, 0.717) is 28.2 Å². The summed E-state index contributed by atoms with van der Waals surface area (Å²) in [5.74, 6) is 0.815. The molecule has 6 N–H and O–H groups in total. The molecule has 2 aliphatic rings. The lowest BCUT2D eigenvalue weighted by Crippen LogP contribution is -2.32. The summed E-state index contributed by atoms with van der Waals surface area (Å²) in [4.78, 5) is 25.1. The van der Waals surface area contributed by atoms with Gasteiger partial charge in [0.15, 0.2) is 0 Å². The first-order chi connectivity index (χ1) is 13.8. The van der Waals surface area contributed by atoms with Gasteiger partial charge in [-0.1, -0.05) is 0 Å². The van der Waals surface area contributed by atoms with Crippen molar-refractivity contribution < 1.29 is 18.7 Å². The van der Waals surface area contributed by atoms with Crippen LogP contribution in [0, 0.1) is 23.1 Å². The Morgan fingerprint density at radius 1 is 1.34 bits per heavy atom. The van der Waals surface area contributed by atoms with Crippen LogP contribution in [0.5, 0.6) is 5.75 Å². The molecule has 1 aliphatic heterocycles. The molecule has 2 heterocycles. The average molecular weight is 463 g/mol. The predicted octanol–water partition coefficient (Wildman–Crippen LogP) is 2.17. The maximum Gasteiger partial charge on any atom is 0.320 e. The molecule has 9 nitrogen and oxygen atoms in total. The van der Waals surface area contributed by atoms with Gasteiger partial charge in [0.25, 0.3) is 0 Å². The van der Waals surface area contributed by atoms with E-state index in [1.54, 1.807) is 12.1 Å². The van der Waals surface area contributed by atoms with Crippen LogP contribution in [0.1, 0.15) is 17.0 Å². The number of ether oxygens (including phenoxy) is 1. The molecule has 29 heavy (non-hydrogen) atoms. The van der Waals surface area contributed by atoms with Crippen LogP contribution in [0.15, 0.2) is 34.9 Å². The van der Waals surface area contributed by atoms with Crippen molar-refractivity contribution in [3.8, 4) is 11.8 Å². The number of amides is 4. The maximum atomic E-state index is 13.7. The number of urea groups is 2. The maximum absolute atomic E-state index is 13.7. The molecule has 1 fully saturated rings. The van der Waals surface area contributed by atoms with Gasteiger partial charge >= 0.3 is 12.1 Å². The molecule has 3 atom stereocenters. The number of pyridine rings is 1. The van der Waals surface area contributed by atoms with Crippen LogP contribution in [0.25, 0.3) is 0 Å². The fourth-order valence-electron chi connectivity index (χ4n) is 3.20. The second kappa shape index (κ2) is 8.32. The fourth-order valence-corrected chi connectivity index (χ4v) is 3.76. The van der Waals surface area contributed by atoms with E-state index in [9.17, 15) is 9.18 Å². The normalized spacial score (nSPS) is 20.4. The molecule has 0 spiro atoms. The van der Waals surface area contributed by atoms with E-state index in [0.717, 1.165) is 5.56 Å². The summed E-state index contributed by atoms with van der Waals surface area (Å²) in [7, 11) is 0. The van der Waals surface area contributed by atoms with Gasteiger partial charge in [0, 0.05) is 29.6 Å². The van der Waals surface area contributed by atoms with Gasteiger partial charge in [-0.3, -0.25) is 5.32 Å². The molecular weight excluding hydrogens is 447 g/mol. The third-order valence-electron chi connectivity index (χ3n) is 4.42. The standard InChI is InChI=1S/C17H12BrFN4O2.CH4N2O/c18-12-4-9(19)3-10-14-11(7-25-16(10)12)15(14)23-17(24)22-13-2-1-8(5-20)6-21-13;2-1(3)4/h1-4,6,11,14-15H,7H2,(H2,21,22,23,24);(H4,2,3,4). The Hall–Kier alpha value is -3.39. The number of aromatic nitrogens is 1. The number of hydrogen-bond acceptors (Lipinski definition) is 5. The number of fused-ring (bicyclic) bond motifs is 3. The third-order valence-corrected chi connectivity index (χ3v) is 5.01. The highest BCUT2D eigenvalue weighted by Crippen LogP contribution is 2.55. The van der Waals surface area contributed by atoms with E-state index < -0.39 is 12.1 Å². The highest BCUT2D eigenvalue weighted by Gasteiger charge is 2.56. The Morgan fingerprint density at radius 2 is 2.07 bits per heavy atom. The molecule has 0 radical (unpaired) electrons. The van der Waals surface area contributed by atoms with Gasteiger partial charge in [-0.25, -0.2) is 19.0 Å². The van der Waals surface area contributed by atoms with Gasteiger partial charge in [0.1, 0.15) is 23.5 Å². The molecule has 11 heteroatoms. The molecule has 2 aromatic rings. The topological polar surface area (TPSA) is 156 Å². The Bertz CT molecular complexity index is 990. The molecule has 1 aromatic carbocycles. The van der Waals surface area contributed by atoms with Crippen LogP contribution < -0.4 is 26.8 Å². The number of halogens is 2. The van der Waals surface area contributed by atoms with Gasteiger partial charge in [-0.05, 0) is 40.2 Å². The Balaban J connectivity index is 0.000000552. The molecule has 1 aliphatic carbocycles. The van der Waals surface area contributed by atoms with Gasteiger partial charge in [-0.2, -0.15) is 5.26 Å². The summed E-state index contributed by atoms with van der Waals surface area (Å²) < 4.78 is 19.9. The first-order valence-corrected chi connectivity index (χ1v) is 9.19. The van der Waals surface area contributed by atoms with Crippen LogP contribution in [0.4, 0.5) is 19.8 Å². The SMILES string of the molecule is N#Cc1ccc(NC(=O)NC2C3COc4c(Br)cc(F)cc4C32)nc1.NC(N)=O. The number of benzene rings is 1. The van der Waals surface area contributed by atoms with Crippen molar-refractivity contribution in [2.45, 2.75) is 12.0 Å². The van der Waals surface area contributed by atoms with Crippen LogP contribution in [-0.4, -0.2) is 29.7 Å². The number of nitrogens with two attached hydrogens (primary N) is 2. The summed E-state index contributed by atoms with van der Waals surface area (Å²) in [6.07, 6.45) is 1.39. The largest absolute Gasteiger partial charge is 0.492 e. The lowest BCUT2D eigenvalue weighted by Gasteiger charge is -2.17. The van der Waals surface area contributed by atoms with Gasteiger partial charge < -0.3 is 21.5 Å². The van der Waals surface area contributed by atoms with Crippen LogP contribution >= 0.6 is 15.9 Å². The number of nitriles is 1. The zero-order valence-electron chi connectivity index (χ0n) is 14.9. The van der Waals surface area contributed by atoms with Crippen molar-refractivity contribution in [3.63, 3.8) is 0 Å². The predicted molar refractivity (Wildman–Crippen MR) is 104 cm³/mol. The number of nitrogens with zero attached hydrogens (tertiary/aromatic N) is 2. The molecular formula is C18H16BrFN6O3. The zero-order valence-corrected chi connectivity index (χ0v) is 16.4. The molecule has 3 unspecified atom stereocenters. The summed E-state index contributed by atoms with van der Waals surface area (Å²) in [6.45, 7) is 0.474. The van der Waals surface area contributed by atoms with Crippen molar-refractivity contribution in [1.29, 1.82) is 5.26 Å². The lowest BCUT2D eigenvalue weighted by atomic mass is 10.1. The van der Waals surface area contributed by atoms with E-state index in [1.165, 1.54) is 18.3 Å². The third kappa shape index (κ3) is 4.72. The summed E-state index contributed by atoms with van der Waals surface area (Å²) in [5.41, 5.74) is 9.69. The molecule has 1 saturated carbocycles. The van der Waals surface area contributed by atoms with Crippen molar-refractivity contribution in [1.82, 2.24) is 10.3 Å². The van der Waals surface area contributed by atoms with Crippen LogP contribution in [0.3, 0.4) is 0 Å². The fraction of sp³-hybridized carbons (Fsp3) is 0.222. The van der Waals surface area contributed by atoms with E-state index in [-0.39, 0.29) is 23.7 Å². The number of anilines is 1. The molecule has 0 bridgehead atoms. The minimum atomic E-state index is -0.833. The quantitative estimate of drug-likeness (QED) is 0.537. The minimum Gasteiger partial charge on any atom is -0.492 e. The van der Waals surface area contributed by atoms with Gasteiger partial charge in [-0.15, -0.1) is 0 Å². The lowest BCUT2D eigenvalue weighted by molar-refractivity contribution is 0.249. The molecule has 150 valence electrons. The Kier molecular flexibility index (Phi) is 5.84. The highest BCUT2D eigenvalue weighted by molar-refractivity contribution is 9.10. The average Bonchev–Trinajstić information content (AvgIpc) is 3.35. The second-order valence-electron chi connectivity index (χ2n) is 6.38. The van der Waals surface area contributed by atoms with Crippen molar-refractivity contribution in [2.24, 2.45) is 17.4 Å². The van der Waals surface area contributed by atoms with Crippen LogP contribution in [-0.2, 0) is 0 Å². The molecule has 4 amide bonds. The summed E-state index contributed by atoms with van der Waals surface area (Å²) >= 11 is 3.31. The van der Waals surface area contributed by atoms with Crippen LogP contribution in [0.2, 0.25) is 0 Å². The number of carbonyl (C=O) groups excluding carboxylic acids is 2. The van der Waals surface area contributed by atoms with E-state index in [4.69, 9.17) is 14.8 Å². The van der Waals surface area contributed by atoms with E-state index in [1.807, 2.05) is 6.07 Å². The zero-order chi connectivity index (χ0) is 21.1. The van der Waals surface area contributed by atoms with Gasteiger partial charge in [0.05, 0.1) is 16.6 Å². The van der Waals surface area contributed by atoms with E-state index in [2.05, 4.69) is 43.0 Å². The smallest absolute Gasteiger partial charge is 0.320 e. The number of carbonyl (C=O) groups is 2. The van der Waals surface area contributed by atoms with Crippen molar-refractivity contribution >= 4 is 33.8 Å². The number of hydrogen-bond donors (Lipinski definition) is 4. The number of primary amides is 2.